The summed E-state index contributed by atoms with van der Waals surface area (Å²) in [6.07, 6.45) is 3.81. The third kappa shape index (κ3) is 2.52. The summed E-state index contributed by atoms with van der Waals surface area (Å²) in [5.41, 5.74) is 7.39. The summed E-state index contributed by atoms with van der Waals surface area (Å²) < 4.78 is 1.17. The number of hydrogen-bond donors (Lipinski definition) is 0. The Balaban J connectivity index is 1.40. The lowest BCUT2D eigenvalue weighted by Gasteiger charge is -2.20. The van der Waals surface area contributed by atoms with Gasteiger partial charge < -0.3 is 0 Å². The summed E-state index contributed by atoms with van der Waals surface area (Å²) in [7, 11) is 0. The van der Waals surface area contributed by atoms with Crippen LogP contribution < -0.4 is 0 Å². The fourth-order valence-electron chi connectivity index (χ4n) is 4.20. The number of thiazole rings is 1. The van der Waals surface area contributed by atoms with Crippen molar-refractivity contribution in [2.45, 2.75) is 19.3 Å². The van der Waals surface area contributed by atoms with Crippen LogP contribution in [0.15, 0.2) is 73.1 Å². The molecular formula is C25H18N4S. The van der Waals surface area contributed by atoms with Crippen molar-refractivity contribution >= 4 is 21.6 Å². The Morgan fingerprint density at radius 1 is 0.767 bits per heavy atom. The van der Waals surface area contributed by atoms with Crippen molar-refractivity contribution in [3.05, 3.63) is 84.2 Å². The maximum atomic E-state index is 4.93. The van der Waals surface area contributed by atoms with E-state index in [0.29, 0.717) is 5.82 Å². The number of hydrogen-bond acceptors (Lipinski definition) is 5. The molecule has 0 spiro atoms. The van der Waals surface area contributed by atoms with Crippen molar-refractivity contribution < 1.29 is 0 Å². The summed E-state index contributed by atoms with van der Waals surface area (Å²) >= 11 is 1.66. The van der Waals surface area contributed by atoms with Gasteiger partial charge in [-0.15, -0.1) is 11.3 Å². The molecule has 0 bridgehead atoms. The molecule has 2 aromatic carbocycles. The van der Waals surface area contributed by atoms with Gasteiger partial charge in [-0.25, -0.2) is 15.0 Å². The molecule has 5 heteroatoms. The molecular weight excluding hydrogens is 388 g/mol. The van der Waals surface area contributed by atoms with Crippen molar-refractivity contribution in [3.8, 4) is 33.3 Å². The van der Waals surface area contributed by atoms with Crippen LogP contribution in [0.3, 0.4) is 0 Å². The largest absolute Gasteiger partial charge is 0.253 e. The van der Waals surface area contributed by atoms with Crippen molar-refractivity contribution in [3.63, 3.8) is 0 Å². The van der Waals surface area contributed by atoms with E-state index >= 15 is 0 Å². The topological polar surface area (TPSA) is 51.6 Å². The molecule has 0 fully saturated rings. The Morgan fingerprint density at radius 2 is 1.60 bits per heavy atom. The second-order valence-electron chi connectivity index (χ2n) is 8.05. The first-order chi connectivity index (χ1) is 14.6. The highest BCUT2D eigenvalue weighted by Gasteiger charge is 2.36. The third-order valence-electron chi connectivity index (χ3n) is 5.85. The van der Waals surface area contributed by atoms with Gasteiger partial charge in [0.2, 0.25) is 0 Å². The van der Waals surface area contributed by atoms with Gasteiger partial charge in [-0.3, -0.25) is 4.98 Å². The minimum atomic E-state index is -0.0839. The SMILES string of the molecule is CC1(C)c2ccccc2-c2nc(-c3ccc(-c4nc5ccccc5s4)nc3)ncc21. The molecule has 0 saturated carbocycles. The average Bonchev–Trinajstić information content (AvgIpc) is 3.32. The molecule has 0 N–H and O–H groups in total. The molecule has 0 radical (unpaired) electrons. The summed E-state index contributed by atoms with van der Waals surface area (Å²) in [4.78, 5) is 19.0. The molecule has 0 unspecified atom stereocenters. The lowest BCUT2D eigenvalue weighted by atomic mass is 9.83. The molecule has 3 aromatic heterocycles. The van der Waals surface area contributed by atoms with E-state index in [4.69, 9.17) is 9.97 Å². The average molecular weight is 407 g/mol. The van der Waals surface area contributed by atoms with Gasteiger partial charge in [-0.05, 0) is 29.8 Å². The van der Waals surface area contributed by atoms with E-state index < -0.39 is 0 Å². The minimum Gasteiger partial charge on any atom is -0.253 e. The molecule has 30 heavy (non-hydrogen) atoms. The van der Waals surface area contributed by atoms with Gasteiger partial charge in [0.25, 0.3) is 0 Å². The second kappa shape index (κ2) is 6.28. The molecule has 1 aliphatic rings. The smallest absolute Gasteiger partial charge is 0.161 e. The summed E-state index contributed by atoms with van der Waals surface area (Å²) in [5, 5.41) is 0.924. The normalized spacial score (nSPS) is 13.9. The number of benzene rings is 2. The quantitative estimate of drug-likeness (QED) is 0.354. The lowest BCUT2D eigenvalue weighted by molar-refractivity contribution is 0.655. The fraction of sp³-hybridized carbons (Fsp3) is 0.120. The van der Waals surface area contributed by atoms with Gasteiger partial charge in [0, 0.05) is 34.5 Å². The summed E-state index contributed by atoms with van der Waals surface area (Å²) in [6.45, 7) is 4.46. The highest BCUT2D eigenvalue weighted by atomic mass is 32.1. The summed E-state index contributed by atoms with van der Waals surface area (Å²) in [5.74, 6) is 0.699. The third-order valence-corrected chi connectivity index (χ3v) is 6.91. The zero-order valence-electron chi connectivity index (χ0n) is 16.6. The first kappa shape index (κ1) is 17.4. The van der Waals surface area contributed by atoms with E-state index in [1.54, 1.807) is 11.3 Å². The zero-order valence-corrected chi connectivity index (χ0v) is 17.4. The Bertz CT molecular complexity index is 1380. The standard InChI is InChI=1S/C25H18N4S/c1-25(2)17-8-4-3-7-16(17)22-18(25)14-27-23(29-22)15-11-12-20(26-13-15)24-28-19-9-5-6-10-21(19)30-24/h3-14H,1-2H3. The Kier molecular flexibility index (Phi) is 3.65. The summed E-state index contributed by atoms with van der Waals surface area (Å²) in [6, 6.07) is 20.7. The predicted octanol–water partition coefficient (Wildman–Crippen LogP) is 6.12. The van der Waals surface area contributed by atoms with Crippen LogP contribution in [0.4, 0.5) is 0 Å². The number of fused-ring (bicyclic) bond motifs is 4. The van der Waals surface area contributed by atoms with E-state index in [-0.39, 0.29) is 5.41 Å². The second-order valence-corrected chi connectivity index (χ2v) is 9.08. The van der Waals surface area contributed by atoms with Crippen LogP contribution in [-0.2, 0) is 5.41 Å². The molecule has 6 rings (SSSR count). The molecule has 0 atom stereocenters. The number of pyridine rings is 1. The molecule has 3 heterocycles. The van der Waals surface area contributed by atoms with Crippen LogP contribution in [0.25, 0.3) is 43.6 Å². The fourth-order valence-corrected chi connectivity index (χ4v) is 5.14. The number of aromatic nitrogens is 4. The molecule has 144 valence electrons. The monoisotopic (exact) mass is 406 g/mol. The van der Waals surface area contributed by atoms with Gasteiger partial charge in [-0.1, -0.05) is 50.2 Å². The van der Waals surface area contributed by atoms with Gasteiger partial charge in [0.15, 0.2) is 5.82 Å². The predicted molar refractivity (Wildman–Crippen MR) is 121 cm³/mol. The lowest BCUT2D eigenvalue weighted by Crippen LogP contribution is -2.15. The van der Waals surface area contributed by atoms with Gasteiger partial charge in [-0.2, -0.15) is 0 Å². The van der Waals surface area contributed by atoms with Crippen LogP contribution in [0.5, 0.6) is 0 Å². The van der Waals surface area contributed by atoms with Crippen molar-refractivity contribution in [2.24, 2.45) is 0 Å². The van der Waals surface area contributed by atoms with Gasteiger partial charge in [0.1, 0.15) is 5.01 Å². The van der Waals surface area contributed by atoms with Crippen LogP contribution in [0.2, 0.25) is 0 Å². The first-order valence-electron chi connectivity index (χ1n) is 9.91. The molecule has 0 saturated heterocycles. The van der Waals surface area contributed by atoms with Crippen molar-refractivity contribution in [2.75, 3.05) is 0 Å². The molecule has 5 aromatic rings. The van der Waals surface area contributed by atoms with E-state index in [0.717, 1.165) is 27.5 Å². The Hall–Kier alpha value is -3.44. The highest BCUT2D eigenvalue weighted by Crippen LogP contribution is 2.47. The zero-order chi connectivity index (χ0) is 20.3. The number of rotatable bonds is 2. The molecule has 4 nitrogen and oxygen atoms in total. The number of para-hydroxylation sites is 1. The number of nitrogens with zero attached hydrogens (tertiary/aromatic N) is 4. The molecule has 0 aliphatic heterocycles. The van der Waals surface area contributed by atoms with E-state index in [9.17, 15) is 0 Å². The van der Waals surface area contributed by atoms with Crippen molar-refractivity contribution in [1.82, 2.24) is 19.9 Å². The van der Waals surface area contributed by atoms with Crippen LogP contribution in [0, 0.1) is 0 Å². The maximum Gasteiger partial charge on any atom is 0.161 e. The first-order valence-corrected chi connectivity index (χ1v) is 10.7. The van der Waals surface area contributed by atoms with Crippen LogP contribution >= 0.6 is 11.3 Å². The maximum absolute atomic E-state index is 4.93. The van der Waals surface area contributed by atoms with Gasteiger partial charge in [0.05, 0.1) is 21.6 Å². The molecule has 0 amide bonds. The van der Waals surface area contributed by atoms with Crippen molar-refractivity contribution in [1.29, 1.82) is 0 Å². The van der Waals surface area contributed by atoms with E-state index in [1.807, 2.05) is 42.7 Å². The Morgan fingerprint density at radius 3 is 2.43 bits per heavy atom. The Labute approximate surface area is 178 Å². The van der Waals surface area contributed by atoms with Crippen LogP contribution in [-0.4, -0.2) is 19.9 Å². The molecule has 1 aliphatic carbocycles. The van der Waals surface area contributed by atoms with Gasteiger partial charge >= 0.3 is 0 Å². The van der Waals surface area contributed by atoms with E-state index in [1.165, 1.54) is 21.4 Å². The van der Waals surface area contributed by atoms with E-state index in [2.05, 4.69) is 54.1 Å². The minimum absolute atomic E-state index is 0.0839. The highest BCUT2D eigenvalue weighted by molar-refractivity contribution is 7.21. The van der Waals surface area contributed by atoms with Crippen LogP contribution in [0.1, 0.15) is 25.0 Å².